The summed E-state index contributed by atoms with van der Waals surface area (Å²) in [6.45, 7) is 17.6. The Hall–Kier alpha value is 0.177. The van der Waals surface area contributed by atoms with E-state index in [9.17, 15) is 0 Å². The quantitative estimate of drug-likeness (QED) is 0.512. The van der Waals surface area contributed by atoms with Crippen molar-refractivity contribution in [1.82, 2.24) is 4.57 Å². The molecule has 0 bridgehead atoms. The van der Waals surface area contributed by atoms with E-state index >= 15 is 0 Å². The third-order valence-corrected chi connectivity index (χ3v) is 13.0. The molecule has 24 heavy (non-hydrogen) atoms. The van der Waals surface area contributed by atoms with Crippen molar-refractivity contribution in [3.05, 3.63) is 0 Å². The van der Waals surface area contributed by atoms with Gasteiger partial charge in [-0.15, -0.1) is 0 Å². The molecule has 0 aromatic heterocycles. The van der Waals surface area contributed by atoms with Crippen LogP contribution in [0.4, 0.5) is 0 Å². The zero-order chi connectivity index (χ0) is 17.7. The van der Waals surface area contributed by atoms with Gasteiger partial charge in [-0.1, -0.05) is 52.6 Å². The predicted octanol–water partition coefficient (Wildman–Crippen LogP) is 6.70. The first-order valence-corrected chi connectivity index (χ1v) is 14.0. The van der Waals surface area contributed by atoms with E-state index in [1.807, 2.05) is 0 Å². The molecule has 0 N–H and O–H groups in total. The molecule has 140 valence electrons. The number of rotatable bonds is 3. The van der Waals surface area contributed by atoms with E-state index < -0.39 is 8.24 Å². The van der Waals surface area contributed by atoms with E-state index in [0.29, 0.717) is 11.6 Å². The van der Waals surface area contributed by atoms with Crippen LogP contribution in [0.3, 0.4) is 0 Å². The number of hydrogen-bond donors (Lipinski definition) is 0. The molecule has 0 radical (unpaired) electrons. The summed E-state index contributed by atoms with van der Waals surface area (Å²) in [5, 5.41) is 0. The second-order valence-corrected chi connectivity index (χ2v) is 15.6. The van der Waals surface area contributed by atoms with Gasteiger partial charge in [0.1, 0.15) is 8.24 Å². The highest BCUT2D eigenvalue weighted by atomic mass is 28.3. The van der Waals surface area contributed by atoms with Gasteiger partial charge in [-0.25, -0.2) is 0 Å². The summed E-state index contributed by atoms with van der Waals surface area (Å²) in [7, 11) is -1.43. The number of fused-ring (bicyclic) bond motifs is 3. The minimum Gasteiger partial charge on any atom is -0.317 e. The fraction of sp³-hybridized carbons (Fsp3) is 1.00. The molecular weight excluding hydrogens is 306 g/mol. The first-order chi connectivity index (χ1) is 11.1. The molecule has 3 aliphatic rings. The van der Waals surface area contributed by atoms with Gasteiger partial charge in [0.2, 0.25) is 0 Å². The zero-order valence-corrected chi connectivity index (χ0v) is 18.6. The van der Waals surface area contributed by atoms with Crippen LogP contribution in [-0.2, 0) is 0 Å². The van der Waals surface area contributed by atoms with Crippen LogP contribution in [0, 0.1) is 23.7 Å². The Morgan fingerprint density at radius 2 is 1.42 bits per heavy atom. The summed E-state index contributed by atoms with van der Waals surface area (Å²) in [5.41, 5.74) is 1.34. The van der Waals surface area contributed by atoms with E-state index in [2.05, 4.69) is 52.3 Å². The summed E-state index contributed by atoms with van der Waals surface area (Å²) in [6.07, 6.45) is 12.4. The van der Waals surface area contributed by atoms with Crippen LogP contribution in [0.5, 0.6) is 0 Å². The average Bonchev–Trinajstić information content (AvgIpc) is 2.89. The van der Waals surface area contributed by atoms with E-state index in [-0.39, 0.29) is 0 Å². The molecule has 3 aliphatic carbocycles. The SMILES string of the molecule is CC(C)N(C(C)(C)C)[Si](C)(C)C1CCC2C3CCCCC3CCC21. The molecule has 2 heteroatoms. The molecule has 3 rings (SSSR count). The van der Waals surface area contributed by atoms with Crippen molar-refractivity contribution in [2.45, 2.75) is 116 Å². The maximum atomic E-state index is 2.97. The van der Waals surface area contributed by atoms with E-state index in [0.717, 1.165) is 29.2 Å². The lowest BCUT2D eigenvalue weighted by molar-refractivity contribution is 0.0704. The molecule has 5 unspecified atom stereocenters. The van der Waals surface area contributed by atoms with Crippen molar-refractivity contribution in [2.75, 3.05) is 0 Å². The predicted molar refractivity (Wildman–Crippen MR) is 109 cm³/mol. The summed E-state index contributed by atoms with van der Waals surface area (Å²) < 4.78 is 2.97. The van der Waals surface area contributed by atoms with Crippen molar-refractivity contribution in [1.29, 1.82) is 0 Å². The highest BCUT2D eigenvalue weighted by molar-refractivity contribution is 6.76. The van der Waals surface area contributed by atoms with Crippen molar-refractivity contribution >= 4 is 8.24 Å². The molecule has 5 atom stereocenters. The fourth-order valence-electron chi connectivity index (χ4n) is 7.97. The smallest absolute Gasteiger partial charge is 0.126 e. The summed E-state index contributed by atoms with van der Waals surface area (Å²) >= 11 is 0. The Kier molecular flexibility index (Phi) is 5.31. The molecule has 0 spiro atoms. The normalized spacial score (nSPS) is 37.6. The molecule has 0 aliphatic heterocycles. The molecular formula is C22H43NSi. The van der Waals surface area contributed by atoms with Gasteiger partial charge in [0.25, 0.3) is 0 Å². The Balaban J connectivity index is 1.82. The lowest BCUT2D eigenvalue weighted by Crippen LogP contribution is -2.63. The van der Waals surface area contributed by atoms with Crippen LogP contribution in [0.1, 0.15) is 86.0 Å². The van der Waals surface area contributed by atoms with Crippen molar-refractivity contribution in [2.24, 2.45) is 23.7 Å². The Labute approximate surface area is 153 Å². The molecule has 0 aromatic rings. The highest BCUT2D eigenvalue weighted by Gasteiger charge is 2.54. The van der Waals surface area contributed by atoms with Crippen LogP contribution < -0.4 is 0 Å². The molecule has 1 nitrogen and oxygen atoms in total. The maximum absolute atomic E-state index is 2.97. The Morgan fingerprint density at radius 1 is 0.792 bits per heavy atom. The fourth-order valence-corrected chi connectivity index (χ4v) is 13.7. The van der Waals surface area contributed by atoms with Crippen LogP contribution >= 0.6 is 0 Å². The minimum absolute atomic E-state index is 0.310. The van der Waals surface area contributed by atoms with Gasteiger partial charge >= 0.3 is 0 Å². The standard InChI is InChI=1S/C22H43NSi/c1-16(2)23(22(3,4)5)24(6,7)21-15-14-19-18-11-9-8-10-17(18)12-13-20(19)21/h16-21H,8-15H2,1-7H3. The van der Waals surface area contributed by atoms with Gasteiger partial charge in [-0.3, -0.25) is 0 Å². The second kappa shape index (κ2) is 6.72. The molecule has 0 aromatic carbocycles. The van der Waals surface area contributed by atoms with Gasteiger partial charge in [0, 0.05) is 5.54 Å². The van der Waals surface area contributed by atoms with Gasteiger partial charge in [-0.2, -0.15) is 0 Å². The second-order valence-electron chi connectivity index (χ2n) is 11.1. The minimum atomic E-state index is -1.43. The largest absolute Gasteiger partial charge is 0.317 e. The lowest BCUT2D eigenvalue weighted by Gasteiger charge is -2.54. The lowest BCUT2D eigenvalue weighted by atomic mass is 9.62. The highest BCUT2D eigenvalue weighted by Crippen LogP contribution is 2.59. The van der Waals surface area contributed by atoms with Gasteiger partial charge < -0.3 is 4.57 Å². The summed E-state index contributed by atoms with van der Waals surface area (Å²) in [5.74, 6) is 4.37. The number of nitrogens with zero attached hydrogens (tertiary/aromatic N) is 1. The first-order valence-electron chi connectivity index (χ1n) is 10.9. The van der Waals surface area contributed by atoms with Gasteiger partial charge in [0.15, 0.2) is 0 Å². The van der Waals surface area contributed by atoms with Gasteiger partial charge in [-0.05, 0) is 81.7 Å². The first kappa shape index (κ1) is 19.0. The Bertz CT molecular complexity index is 436. The average molecular weight is 350 g/mol. The van der Waals surface area contributed by atoms with Crippen LogP contribution in [0.25, 0.3) is 0 Å². The molecule has 3 fully saturated rings. The molecule has 0 saturated heterocycles. The molecule has 0 heterocycles. The summed E-state index contributed by atoms with van der Waals surface area (Å²) in [4.78, 5) is 0. The van der Waals surface area contributed by atoms with E-state index in [1.54, 1.807) is 32.1 Å². The maximum Gasteiger partial charge on any atom is 0.126 e. The van der Waals surface area contributed by atoms with Crippen LogP contribution in [0.2, 0.25) is 18.6 Å². The zero-order valence-electron chi connectivity index (χ0n) is 17.6. The van der Waals surface area contributed by atoms with Crippen LogP contribution in [0.15, 0.2) is 0 Å². The molecule has 3 saturated carbocycles. The van der Waals surface area contributed by atoms with Crippen LogP contribution in [-0.4, -0.2) is 24.4 Å². The molecule has 0 amide bonds. The monoisotopic (exact) mass is 349 g/mol. The van der Waals surface area contributed by atoms with E-state index in [1.165, 1.54) is 19.3 Å². The topological polar surface area (TPSA) is 3.24 Å². The van der Waals surface area contributed by atoms with Gasteiger partial charge in [0.05, 0.1) is 0 Å². The third kappa shape index (κ3) is 3.27. The van der Waals surface area contributed by atoms with Crippen molar-refractivity contribution < 1.29 is 0 Å². The van der Waals surface area contributed by atoms with E-state index in [4.69, 9.17) is 0 Å². The summed E-state index contributed by atoms with van der Waals surface area (Å²) in [6, 6.07) is 0.678. The van der Waals surface area contributed by atoms with Crippen molar-refractivity contribution in [3.8, 4) is 0 Å². The number of hydrogen-bond acceptors (Lipinski definition) is 1. The Morgan fingerprint density at radius 3 is 2.04 bits per heavy atom. The van der Waals surface area contributed by atoms with Crippen molar-refractivity contribution in [3.63, 3.8) is 0 Å². The third-order valence-electron chi connectivity index (χ3n) is 8.03.